The molecule has 0 unspecified atom stereocenters. The van der Waals surface area contributed by atoms with Gasteiger partial charge in [-0.15, -0.1) is 0 Å². The fraction of sp³-hybridized carbons (Fsp3) is 0.300. The average molecular weight is 231 g/mol. The maximum absolute atomic E-state index is 11.4. The molecule has 0 aromatic carbocycles. The van der Waals surface area contributed by atoms with Gasteiger partial charge in [0.25, 0.3) is 0 Å². The Bertz CT molecular complexity index is 408. The van der Waals surface area contributed by atoms with Crippen LogP contribution in [0.25, 0.3) is 0 Å². The molecule has 0 aliphatic heterocycles. The quantitative estimate of drug-likeness (QED) is 0.855. The van der Waals surface area contributed by atoms with Gasteiger partial charge in [0, 0.05) is 11.6 Å². The van der Waals surface area contributed by atoms with Crippen LogP contribution in [0.1, 0.15) is 12.7 Å². The van der Waals surface area contributed by atoms with Crippen molar-refractivity contribution >= 4 is 11.6 Å². The van der Waals surface area contributed by atoms with Crippen molar-refractivity contribution in [2.24, 2.45) is 0 Å². The van der Waals surface area contributed by atoms with Crippen LogP contribution in [0.5, 0.6) is 5.75 Å². The van der Waals surface area contributed by atoms with Crippen molar-refractivity contribution in [3.05, 3.63) is 39.4 Å². The Morgan fingerprint density at radius 2 is 2.47 bits per heavy atom. The van der Waals surface area contributed by atoms with E-state index in [1.807, 2.05) is 0 Å². The summed E-state index contributed by atoms with van der Waals surface area (Å²) in [5.41, 5.74) is 1.85. The van der Waals surface area contributed by atoms with Crippen LogP contribution in [0, 0.1) is 0 Å². The lowest BCUT2D eigenvalue weighted by atomic mass is 10.3. The van der Waals surface area contributed by atoms with Crippen molar-refractivity contribution in [3.63, 3.8) is 0 Å². The summed E-state index contributed by atoms with van der Waals surface area (Å²) in [6, 6.07) is 1.19. The SMILES string of the molecule is CC(=CCl)COc1coc(CO)cc1=O. The number of ether oxygens (including phenoxy) is 1. The van der Waals surface area contributed by atoms with E-state index in [9.17, 15) is 4.79 Å². The summed E-state index contributed by atoms with van der Waals surface area (Å²) in [6.45, 7) is 1.69. The van der Waals surface area contributed by atoms with Crippen molar-refractivity contribution in [2.75, 3.05) is 6.61 Å². The number of aliphatic hydroxyl groups is 1. The molecule has 0 saturated carbocycles. The minimum atomic E-state index is -0.326. The average Bonchev–Trinajstić information content (AvgIpc) is 2.26. The molecular weight excluding hydrogens is 220 g/mol. The molecule has 15 heavy (non-hydrogen) atoms. The van der Waals surface area contributed by atoms with Crippen molar-refractivity contribution in [2.45, 2.75) is 13.5 Å². The molecule has 1 aromatic heterocycles. The van der Waals surface area contributed by atoms with Crippen LogP contribution in [0.2, 0.25) is 0 Å². The molecule has 0 amide bonds. The van der Waals surface area contributed by atoms with E-state index in [0.717, 1.165) is 5.57 Å². The predicted octanol–water partition coefficient (Wildman–Crippen LogP) is 1.65. The summed E-state index contributed by atoms with van der Waals surface area (Å²) in [4.78, 5) is 11.4. The highest BCUT2D eigenvalue weighted by molar-refractivity contribution is 6.25. The Kier molecular flexibility index (Phi) is 4.39. The van der Waals surface area contributed by atoms with Crippen LogP contribution < -0.4 is 10.2 Å². The Labute approximate surface area is 91.7 Å². The van der Waals surface area contributed by atoms with Crippen LogP contribution in [-0.2, 0) is 6.61 Å². The molecule has 1 heterocycles. The van der Waals surface area contributed by atoms with Gasteiger partial charge in [-0.1, -0.05) is 11.6 Å². The first kappa shape index (κ1) is 11.8. The van der Waals surface area contributed by atoms with Crippen LogP contribution in [0.3, 0.4) is 0 Å². The zero-order chi connectivity index (χ0) is 11.3. The topological polar surface area (TPSA) is 59.7 Å². The van der Waals surface area contributed by atoms with Crippen LogP contribution in [0.4, 0.5) is 0 Å². The van der Waals surface area contributed by atoms with Crippen LogP contribution in [0.15, 0.2) is 32.6 Å². The minimum Gasteiger partial charge on any atom is -0.482 e. The van der Waals surface area contributed by atoms with E-state index >= 15 is 0 Å². The molecule has 0 atom stereocenters. The van der Waals surface area contributed by atoms with Crippen molar-refractivity contribution in [1.29, 1.82) is 0 Å². The summed E-state index contributed by atoms with van der Waals surface area (Å²) >= 11 is 5.43. The fourth-order valence-corrected chi connectivity index (χ4v) is 0.913. The fourth-order valence-electron chi connectivity index (χ4n) is 0.850. The summed E-state index contributed by atoms with van der Waals surface area (Å²) in [6.07, 6.45) is 1.18. The number of hydrogen-bond donors (Lipinski definition) is 1. The lowest BCUT2D eigenvalue weighted by Crippen LogP contribution is -2.09. The van der Waals surface area contributed by atoms with Crippen molar-refractivity contribution in [3.8, 4) is 5.75 Å². The molecule has 0 spiro atoms. The van der Waals surface area contributed by atoms with E-state index in [1.165, 1.54) is 17.9 Å². The van der Waals surface area contributed by atoms with Crippen LogP contribution in [-0.4, -0.2) is 11.7 Å². The van der Waals surface area contributed by atoms with Gasteiger partial charge in [0.05, 0.1) is 0 Å². The Morgan fingerprint density at radius 1 is 1.73 bits per heavy atom. The lowest BCUT2D eigenvalue weighted by Gasteiger charge is -2.04. The predicted molar refractivity (Wildman–Crippen MR) is 56.0 cm³/mol. The van der Waals surface area contributed by atoms with E-state index in [4.69, 9.17) is 25.9 Å². The van der Waals surface area contributed by atoms with Gasteiger partial charge in [0.1, 0.15) is 25.2 Å². The number of rotatable bonds is 4. The normalized spacial score (nSPS) is 11.5. The molecule has 0 aliphatic carbocycles. The summed E-state index contributed by atoms with van der Waals surface area (Å²) < 4.78 is 10.1. The largest absolute Gasteiger partial charge is 0.482 e. The first-order valence-electron chi connectivity index (χ1n) is 4.28. The standard InChI is InChI=1S/C10H11ClO4/c1-7(3-11)5-15-10-6-14-8(4-12)2-9(10)13/h2-3,6,12H,4-5H2,1H3. The zero-order valence-electron chi connectivity index (χ0n) is 8.20. The van der Waals surface area contributed by atoms with E-state index in [2.05, 4.69) is 0 Å². The summed E-state index contributed by atoms with van der Waals surface area (Å²) in [7, 11) is 0. The Morgan fingerprint density at radius 3 is 3.00 bits per heavy atom. The summed E-state index contributed by atoms with van der Waals surface area (Å²) in [5.74, 6) is 0.307. The molecule has 0 saturated heterocycles. The van der Waals surface area contributed by atoms with Gasteiger partial charge in [0.2, 0.25) is 11.2 Å². The van der Waals surface area contributed by atoms with Crippen LogP contribution >= 0.6 is 11.6 Å². The third-order valence-corrected chi connectivity index (χ3v) is 2.02. The number of hydrogen-bond acceptors (Lipinski definition) is 4. The van der Waals surface area contributed by atoms with E-state index < -0.39 is 0 Å². The summed E-state index contributed by atoms with van der Waals surface area (Å²) in [5, 5.41) is 8.71. The van der Waals surface area contributed by atoms with Gasteiger partial charge in [-0.25, -0.2) is 0 Å². The van der Waals surface area contributed by atoms with E-state index in [0.29, 0.717) is 0 Å². The zero-order valence-corrected chi connectivity index (χ0v) is 8.95. The number of aliphatic hydroxyl groups excluding tert-OH is 1. The first-order chi connectivity index (χ1) is 7.17. The molecule has 82 valence electrons. The molecule has 4 nitrogen and oxygen atoms in total. The highest BCUT2D eigenvalue weighted by atomic mass is 35.5. The second-order valence-corrected chi connectivity index (χ2v) is 3.20. The smallest absolute Gasteiger partial charge is 0.227 e. The highest BCUT2D eigenvalue weighted by Crippen LogP contribution is 2.07. The van der Waals surface area contributed by atoms with Gasteiger partial charge in [-0.2, -0.15) is 0 Å². The first-order valence-corrected chi connectivity index (χ1v) is 4.72. The maximum Gasteiger partial charge on any atom is 0.227 e. The van der Waals surface area contributed by atoms with Gasteiger partial charge < -0.3 is 14.3 Å². The van der Waals surface area contributed by atoms with Gasteiger partial charge in [-0.3, -0.25) is 4.79 Å². The molecular formula is C10H11ClO4. The monoisotopic (exact) mass is 230 g/mol. The molecule has 5 heteroatoms. The minimum absolute atomic E-state index is 0.102. The van der Waals surface area contributed by atoms with E-state index in [1.54, 1.807) is 6.92 Å². The van der Waals surface area contributed by atoms with Gasteiger partial charge in [-0.05, 0) is 12.5 Å². The Balaban J connectivity index is 2.75. The maximum atomic E-state index is 11.4. The molecule has 0 bridgehead atoms. The number of halogens is 1. The van der Waals surface area contributed by atoms with E-state index in [-0.39, 0.29) is 30.2 Å². The van der Waals surface area contributed by atoms with Crippen molar-refractivity contribution < 1.29 is 14.3 Å². The van der Waals surface area contributed by atoms with Crippen molar-refractivity contribution in [1.82, 2.24) is 0 Å². The molecule has 1 aromatic rings. The second-order valence-electron chi connectivity index (χ2n) is 2.98. The van der Waals surface area contributed by atoms with Gasteiger partial charge >= 0.3 is 0 Å². The Hall–Kier alpha value is -1.26. The molecule has 0 aliphatic rings. The molecule has 0 fully saturated rings. The lowest BCUT2D eigenvalue weighted by molar-refractivity contribution is 0.239. The third kappa shape index (κ3) is 3.42. The molecule has 1 N–H and O–H groups in total. The second kappa shape index (κ2) is 5.58. The molecule has 0 radical (unpaired) electrons. The van der Waals surface area contributed by atoms with Gasteiger partial charge in [0.15, 0.2) is 0 Å². The third-order valence-electron chi connectivity index (χ3n) is 1.65. The highest BCUT2D eigenvalue weighted by Gasteiger charge is 2.03. The molecule has 1 rings (SSSR count).